The second-order valence-electron chi connectivity index (χ2n) is 6.00. The van der Waals surface area contributed by atoms with Gasteiger partial charge in [0.15, 0.2) is 0 Å². The molecule has 1 rings (SSSR count). The molecule has 0 bridgehead atoms. The predicted octanol–water partition coefficient (Wildman–Crippen LogP) is 2.29. The van der Waals surface area contributed by atoms with E-state index in [9.17, 15) is 9.59 Å². The topological polar surface area (TPSA) is 73.5 Å². The lowest BCUT2D eigenvalue weighted by Crippen LogP contribution is -2.51. The van der Waals surface area contributed by atoms with Crippen LogP contribution in [0.5, 0.6) is 0 Å². The Hall–Kier alpha value is -2.08. The molecule has 3 N–H and O–H groups in total. The lowest BCUT2D eigenvalue weighted by Gasteiger charge is -2.23. The van der Waals surface area contributed by atoms with Crippen molar-refractivity contribution < 1.29 is 9.59 Å². The summed E-state index contributed by atoms with van der Waals surface area (Å²) in [7, 11) is 0. The summed E-state index contributed by atoms with van der Waals surface area (Å²) in [5.41, 5.74) is 0.694. The number of para-hydroxylation sites is 1. The van der Waals surface area contributed by atoms with Crippen LogP contribution in [0.1, 0.15) is 27.7 Å². The summed E-state index contributed by atoms with van der Waals surface area (Å²) in [4.78, 5) is 26.7. The van der Waals surface area contributed by atoms with Gasteiger partial charge in [-0.3, -0.25) is 4.79 Å². The molecule has 6 nitrogen and oxygen atoms in total. The van der Waals surface area contributed by atoms with Gasteiger partial charge in [0, 0.05) is 18.8 Å². The van der Waals surface area contributed by atoms with Gasteiger partial charge in [0.2, 0.25) is 5.91 Å². The maximum atomic E-state index is 12.4. The predicted molar refractivity (Wildman–Crippen MR) is 98.0 cm³/mol. The molecule has 0 radical (unpaired) electrons. The molecule has 0 unspecified atom stereocenters. The lowest BCUT2D eigenvalue weighted by atomic mass is 10.0. The van der Waals surface area contributed by atoms with E-state index >= 15 is 0 Å². The van der Waals surface area contributed by atoms with E-state index in [2.05, 4.69) is 34.7 Å². The minimum Gasteiger partial charge on any atom is -0.353 e. The molecule has 0 fully saturated rings. The first kappa shape index (κ1) is 20.0. The van der Waals surface area contributed by atoms with Crippen molar-refractivity contribution >= 4 is 17.6 Å². The van der Waals surface area contributed by atoms with Crippen LogP contribution in [-0.4, -0.2) is 49.1 Å². The van der Waals surface area contributed by atoms with Crippen LogP contribution in [0.2, 0.25) is 0 Å². The fourth-order valence-electron chi connectivity index (χ4n) is 2.35. The minimum absolute atomic E-state index is 0.0000216. The zero-order chi connectivity index (χ0) is 17.9. The van der Waals surface area contributed by atoms with Crippen molar-refractivity contribution in [1.82, 2.24) is 15.5 Å². The Bertz CT molecular complexity index is 501. The smallest absolute Gasteiger partial charge is 0.319 e. The number of nitrogens with one attached hydrogen (secondary N) is 3. The van der Waals surface area contributed by atoms with Gasteiger partial charge in [0.05, 0.1) is 0 Å². The molecule has 134 valence electrons. The zero-order valence-corrected chi connectivity index (χ0v) is 15.1. The van der Waals surface area contributed by atoms with Gasteiger partial charge in [-0.15, -0.1) is 0 Å². The van der Waals surface area contributed by atoms with Crippen molar-refractivity contribution in [2.45, 2.75) is 33.7 Å². The molecule has 24 heavy (non-hydrogen) atoms. The molecular formula is C18H30N4O2. The Balaban J connectivity index is 2.50. The second kappa shape index (κ2) is 10.6. The third-order valence-electron chi connectivity index (χ3n) is 3.89. The zero-order valence-electron chi connectivity index (χ0n) is 15.1. The number of urea groups is 1. The quantitative estimate of drug-likeness (QED) is 0.649. The number of likely N-dealkylation sites (N-methyl/N-ethyl adjacent to an activating group) is 1. The van der Waals surface area contributed by atoms with Crippen LogP contribution in [-0.2, 0) is 4.79 Å². The van der Waals surface area contributed by atoms with E-state index in [4.69, 9.17) is 0 Å². The Morgan fingerprint density at radius 2 is 1.71 bits per heavy atom. The van der Waals surface area contributed by atoms with E-state index in [0.29, 0.717) is 12.2 Å². The average molecular weight is 334 g/mol. The number of carbonyl (C=O) groups excluding carboxylic acids is 2. The highest BCUT2D eigenvalue weighted by atomic mass is 16.2. The van der Waals surface area contributed by atoms with E-state index in [1.807, 2.05) is 32.0 Å². The summed E-state index contributed by atoms with van der Waals surface area (Å²) in [5, 5.41) is 8.40. The molecule has 0 aromatic heterocycles. The molecule has 0 saturated carbocycles. The fraction of sp³-hybridized carbons (Fsp3) is 0.556. The molecule has 1 aromatic carbocycles. The number of hydrogen-bond acceptors (Lipinski definition) is 3. The molecule has 0 spiro atoms. The van der Waals surface area contributed by atoms with Crippen LogP contribution in [0, 0.1) is 5.92 Å². The average Bonchev–Trinajstić information content (AvgIpc) is 2.57. The van der Waals surface area contributed by atoms with Gasteiger partial charge in [-0.2, -0.15) is 0 Å². The van der Waals surface area contributed by atoms with Gasteiger partial charge in [-0.05, 0) is 31.1 Å². The maximum absolute atomic E-state index is 12.4. The number of rotatable bonds is 9. The summed E-state index contributed by atoms with van der Waals surface area (Å²) < 4.78 is 0. The Labute approximate surface area is 145 Å². The van der Waals surface area contributed by atoms with Crippen LogP contribution in [0.25, 0.3) is 0 Å². The molecule has 0 aliphatic heterocycles. The van der Waals surface area contributed by atoms with Gasteiger partial charge in [-0.25, -0.2) is 4.79 Å². The van der Waals surface area contributed by atoms with Crippen molar-refractivity contribution in [2.75, 3.05) is 31.5 Å². The first-order valence-electron chi connectivity index (χ1n) is 8.60. The molecule has 1 atom stereocenters. The number of benzene rings is 1. The van der Waals surface area contributed by atoms with Crippen LogP contribution >= 0.6 is 0 Å². The maximum Gasteiger partial charge on any atom is 0.319 e. The SMILES string of the molecule is CCN(CC)CCNC(=O)[C@H](NC(=O)Nc1ccccc1)C(C)C. The van der Waals surface area contributed by atoms with Gasteiger partial charge in [-0.1, -0.05) is 45.9 Å². The van der Waals surface area contributed by atoms with E-state index in [-0.39, 0.29) is 17.9 Å². The molecule has 0 aliphatic carbocycles. The third kappa shape index (κ3) is 7.00. The third-order valence-corrected chi connectivity index (χ3v) is 3.89. The number of hydrogen-bond donors (Lipinski definition) is 3. The highest BCUT2D eigenvalue weighted by Crippen LogP contribution is 2.06. The molecular weight excluding hydrogens is 304 g/mol. The minimum atomic E-state index is -0.564. The Kier molecular flexibility index (Phi) is 8.86. The standard InChI is InChI=1S/C18H30N4O2/c1-5-22(6-2)13-12-19-17(23)16(14(3)4)21-18(24)20-15-10-8-7-9-11-15/h7-11,14,16H,5-6,12-13H2,1-4H3,(H,19,23)(H2,20,21,24)/t16-/m1/s1. The summed E-state index contributed by atoms with van der Waals surface area (Å²) >= 11 is 0. The molecule has 0 aliphatic rings. The first-order chi connectivity index (χ1) is 11.5. The van der Waals surface area contributed by atoms with Gasteiger partial charge < -0.3 is 20.9 Å². The first-order valence-corrected chi connectivity index (χ1v) is 8.60. The fourth-order valence-corrected chi connectivity index (χ4v) is 2.35. The van der Waals surface area contributed by atoms with Crippen LogP contribution in [0.15, 0.2) is 30.3 Å². The van der Waals surface area contributed by atoms with Gasteiger partial charge >= 0.3 is 6.03 Å². The van der Waals surface area contributed by atoms with Crippen molar-refractivity contribution in [3.05, 3.63) is 30.3 Å². The lowest BCUT2D eigenvalue weighted by molar-refractivity contribution is -0.123. The Morgan fingerprint density at radius 1 is 1.08 bits per heavy atom. The van der Waals surface area contributed by atoms with E-state index in [1.165, 1.54) is 0 Å². The molecule has 0 heterocycles. The highest BCUT2D eigenvalue weighted by molar-refractivity contribution is 5.93. The summed E-state index contributed by atoms with van der Waals surface area (Å²) in [5.74, 6) is -0.152. The van der Waals surface area contributed by atoms with E-state index in [1.54, 1.807) is 12.1 Å². The van der Waals surface area contributed by atoms with Crippen molar-refractivity contribution in [3.8, 4) is 0 Å². The van der Waals surface area contributed by atoms with E-state index in [0.717, 1.165) is 19.6 Å². The van der Waals surface area contributed by atoms with Crippen LogP contribution in [0.3, 0.4) is 0 Å². The monoisotopic (exact) mass is 334 g/mol. The second-order valence-corrected chi connectivity index (χ2v) is 6.00. The van der Waals surface area contributed by atoms with Crippen molar-refractivity contribution in [1.29, 1.82) is 0 Å². The number of carbonyl (C=O) groups is 2. The molecule has 3 amide bonds. The largest absolute Gasteiger partial charge is 0.353 e. The van der Waals surface area contributed by atoms with Gasteiger partial charge in [0.1, 0.15) is 6.04 Å². The molecule has 0 saturated heterocycles. The van der Waals surface area contributed by atoms with Crippen molar-refractivity contribution in [3.63, 3.8) is 0 Å². The van der Waals surface area contributed by atoms with Crippen LogP contribution < -0.4 is 16.0 Å². The normalized spacial score (nSPS) is 12.1. The highest BCUT2D eigenvalue weighted by Gasteiger charge is 2.23. The number of anilines is 1. The number of nitrogens with zero attached hydrogens (tertiary/aromatic N) is 1. The molecule has 6 heteroatoms. The summed E-state index contributed by atoms with van der Waals surface area (Å²) in [6, 6.07) is 8.22. The summed E-state index contributed by atoms with van der Waals surface area (Å²) in [6.07, 6.45) is 0. The van der Waals surface area contributed by atoms with Gasteiger partial charge in [0.25, 0.3) is 0 Å². The van der Waals surface area contributed by atoms with Crippen LogP contribution in [0.4, 0.5) is 10.5 Å². The molecule has 1 aromatic rings. The number of amides is 3. The Morgan fingerprint density at radius 3 is 2.25 bits per heavy atom. The van der Waals surface area contributed by atoms with E-state index < -0.39 is 6.04 Å². The van der Waals surface area contributed by atoms with Crippen molar-refractivity contribution in [2.24, 2.45) is 5.92 Å². The summed E-state index contributed by atoms with van der Waals surface area (Å²) in [6.45, 7) is 11.3.